The highest BCUT2D eigenvalue weighted by Gasteiger charge is 2.33. The average molecular weight is 320 g/mol. The molecule has 1 aliphatic rings. The van der Waals surface area contributed by atoms with Crippen LogP contribution in [0.2, 0.25) is 0 Å². The fourth-order valence-corrected chi connectivity index (χ4v) is 3.40. The number of carboxylic acids is 1. The molecule has 2 atom stereocenters. The van der Waals surface area contributed by atoms with E-state index in [0.717, 1.165) is 29.0 Å². The maximum Gasteiger partial charge on any atom is 0.325 e. The summed E-state index contributed by atoms with van der Waals surface area (Å²) in [5.74, 6) is -0.568. The van der Waals surface area contributed by atoms with Gasteiger partial charge < -0.3 is 15.3 Å². The Labute approximate surface area is 131 Å². The number of amides is 1. The number of hydrogen-bond acceptors (Lipinski definition) is 6. The van der Waals surface area contributed by atoms with Crippen molar-refractivity contribution in [2.75, 3.05) is 11.4 Å². The van der Waals surface area contributed by atoms with Crippen molar-refractivity contribution in [3.05, 3.63) is 17.8 Å². The Morgan fingerprint density at radius 3 is 3.09 bits per heavy atom. The molecule has 8 heteroatoms. The fourth-order valence-electron chi connectivity index (χ4n) is 2.67. The molecule has 1 saturated heterocycles. The molecular formula is C14H16N4O3S. The molecule has 0 bridgehead atoms. The van der Waals surface area contributed by atoms with Crippen molar-refractivity contribution < 1.29 is 14.7 Å². The van der Waals surface area contributed by atoms with Crippen molar-refractivity contribution in [2.24, 2.45) is 0 Å². The van der Waals surface area contributed by atoms with Gasteiger partial charge in [0.05, 0.1) is 5.39 Å². The molecule has 2 aromatic rings. The molecule has 2 unspecified atom stereocenters. The second-order valence-corrected chi connectivity index (χ2v) is 6.15. The van der Waals surface area contributed by atoms with Gasteiger partial charge in [-0.1, -0.05) is 0 Å². The third-order valence-electron chi connectivity index (χ3n) is 3.80. The number of aromatic nitrogens is 2. The van der Waals surface area contributed by atoms with Crippen LogP contribution in [0, 0.1) is 0 Å². The van der Waals surface area contributed by atoms with Gasteiger partial charge in [0.25, 0.3) is 0 Å². The van der Waals surface area contributed by atoms with Gasteiger partial charge in [-0.2, -0.15) is 0 Å². The highest BCUT2D eigenvalue weighted by molar-refractivity contribution is 7.16. The predicted octanol–water partition coefficient (Wildman–Crippen LogP) is 1.25. The van der Waals surface area contributed by atoms with Crippen molar-refractivity contribution in [2.45, 2.75) is 31.8 Å². The number of anilines is 1. The van der Waals surface area contributed by atoms with Crippen molar-refractivity contribution in [1.82, 2.24) is 15.3 Å². The number of hydrogen-bond donors (Lipinski definition) is 2. The van der Waals surface area contributed by atoms with Gasteiger partial charge >= 0.3 is 5.97 Å². The number of carbonyl (C=O) groups is 2. The fraction of sp³-hybridized carbons (Fsp3) is 0.429. The zero-order chi connectivity index (χ0) is 15.7. The van der Waals surface area contributed by atoms with E-state index in [2.05, 4.69) is 15.3 Å². The molecule has 1 fully saturated rings. The van der Waals surface area contributed by atoms with Crippen molar-refractivity contribution in [1.29, 1.82) is 0 Å². The maximum absolute atomic E-state index is 12.4. The topological polar surface area (TPSA) is 95.4 Å². The summed E-state index contributed by atoms with van der Waals surface area (Å²) >= 11 is 1.53. The van der Waals surface area contributed by atoms with E-state index >= 15 is 0 Å². The Balaban J connectivity index is 1.85. The van der Waals surface area contributed by atoms with E-state index in [0.29, 0.717) is 6.42 Å². The van der Waals surface area contributed by atoms with Crippen molar-refractivity contribution in [3.63, 3.8) is 0 Å². The van der Waals surface area contributed by atoms with Crippen LogP contribution in [0.3, 0.4) is 0 Å². The smallest absolute Gasteiger partial charge is 0.325 e. The average Bonchev–Trinajstić information content (AvgIpc) is 3.15. The number of thiophene rings is 1. The van der Waals surface area contributed by atoms with Crippen LogP contribution >= 0.6 is 11.3 Å². The molecule has 0 spiro atoms. The minimum absolute atomic E-state index is 0.269. The van der Waals surface area contributed by atoms with Gasteiger partial charge in [-0.3, -0.25) is 9.59 Å². The van der Waals surface area contributed by atoms with Crippen LogP contribution in [0.1, 0.15) is 19.8 Å². The quantitative estimate of drug-likeness (QED) is 0.880. The summed E-state index contributed by atoms with van der Waals surface area (Å²) in [5, 5.41) is 14.3. The Morgan fingerprint density at radius 1 is 1.50 bits per heavy atom. The van der Waals surface area contributed by atoms with Gasteiger partial charge in [-0.15, -0.1) is 11.3 Å². The summed E-state index contributed by atoms with van der Waals surface area (Å²) in [6, 6.07) is 0.656. The number of aliphatic carboxylic acids is 1. The lowest BCUT2D eigenvalue weighted by Crippen LogP contribution is -2.48. The predicted molar refractivity (Wildman–Crippen MR) is 83.0 cm³/mol. The second-order valence-electron chi connectivity index (χ2n) is 5.26. The summed E-state index contributed by atoms with van der Waals surface area (Å²) in [6.07, 6.45) is 3.06. The van der Waals surface area contributed by atoms with E-state index in [1.807, 2.05) is 16.3 Å². The van der Waals surface area contributed by atoms with Crippen molar-refractivity contribution in [3.8, 4) is 0 Å². The molecule has 0 saturated carbocycles. The first-order valence-electron chi connectivity index (χ1n) is 7.06. The van der Waals surface area contributed by atoms with Crippen LogP contribution in [-0.4, -0.2) is 45.6 Å². The summed E-state index contributed by atoms with van der Waals surface area (Å²) in [7, 11) is 0. The molecule has 3 rings (SSSR count). The number of fused-ring (bicyclic) bond motifs is 1. The minimum Gasteiger partial charge on any atom is -0.480 e. The molecule has 3 heterocycles. The lowest BCUT2D eigenvalue weighted by molar-refractivity contribution is -0.141. The summed E-state index contributed by atoms with van der Waals surface area (Å²) < 4.78 is 0. The molecule has 2 aromatic heterocycles. The monoisotopic (exact) mass is 320 g/mol. The lowest BCUT2D eigenvalue weighted by Gasteiger charge is -2.26. The van der Waals surface area contributed by atoms with Crippen LogP contribution < -0.4 is 10.2 Å². The highest BCUT2D eigenvalue weighted by Crippen LogP contribution is 2.31. The normalized spacial score (nSPS) is 19.3. The van der Waals surface area contributed by atoms with Crippen LogP contribution in [0.5, 0.6) is 0 Å². The number of rotatable bonds is 4. The molecule has 0 radical (unpaired) electrons. The Kier molecular flexibility index (Phi) is 3.93. The van der Waals surface area contributed by atoms with E-state index in [1.54, 1.807) is 0 Å². The molecule has 0 aliphatic carbocycles. The lowest BCUT2D eigenvalue weighted by atomic mass is 10.2. The van der Waals surface area contributed by atoms with Gasteiger partial charge in [0.2, 0.25) is 5.91 Å². The standard InChI is InChI=1S/C14H16N4O3S/c1-8(14(20)21)17-12(19)10-3-2-5-18(10)11-9-4-6-22-13(9)16-7-15-11/h4,6-8,10H,2-3,5H2,1H3,(H,17,19)(H,20,21). The largest absolute Gasteiger partial charge is 0.480 e. The molecule has 1 amide bonds. The third kappa shape index (κ3) is 2.61. The number of nitrogens with one attached hydrogen (secondary N) is 1. The number of nitrogens with zero attached hydrogens (tertiary/aromatic N) is 3. The van der Waals surface area contributed by atoms with Crippen LogP contribution in [0.25, 0.3) is 10.2 Å². The highest BCUT2D eigenvalue weighted by atomic mass is 32.1. The van der Waals surface area contributed by atoms with Gasteiger partial charge in [0, 0.05) is 6.54 Å². The molecule has 22 heavy (non-hydrogen) atoms. The Bertz CT molecular complexity index is 717. The molecule has 116 valence electrons. The summed E-state index contributed by atoms with van der Waals surface area (Å²) in [4.78, 5) is 34.6. The third-order valence-corrected chi connectivity index (χ3v) is 4.62. The molecule has 0 aromatic carbocycles. The zero-order valence-electron chi connectivity index (χ0n) is 12.0. The molecule has 2 N–H and O–H groups in total. The SMILES string of the molecule is CC(NC(=O)C1CCCN1c1ncnc2sccc12)C(=O)O. The Hall–Kier alpha value is -2.22. The van der Waals surface area contributed by atoms with E-state index in [4.69, 9.17) is 5.11 Å². The van der Waals surface area contributed by atoms with Gasteiger partial charge in [-0.05, 0) is 31.2 Å². The Morgan fingerprint density at radius 2 is 2.32 bits per heavy atom. The van der Waals surface area contributed by atoms with Gasteiger partial charge in [0.15, 0.2) is 0 Å². The first kappa shape index (κ1) is 14.7. The van der Waals surface area contributed by atoms with Crippen LogP contribution in [0.15, 0.2) is 17.8 Å². The van der Waals surface area contributed by atoms with Crippen molar-refractivity contribution >= 4 is 39.2 Å². The number of carboxylic acid groups (broad SMARTS) is 1. The van der Waals surface area contributed by atoms with Gasteiger partial charge in [0.1, 0.15) is 29.1 Å². The first-order valence-corrected chi connectivity index (χ1v) is 7.94. The van der Waals surface area contributed by atoms with Crippen LogP contribution in [0.4, 0.5) is 5.82 Å². The first-order chi connectivity index (χ1) is 10.6. The summed E-state index contributed by atoms with van der Waals surface area (Å²) in [6.45, 7) is 2.18. The summed E-state index contributed by atoms with van der Waals surface area (Å²) in [5.41, 5.74) is 0. The minimum atomic E-state index is -1.04. The van der Waals surface area contributed by atoms with Crippen LogP contribution in [-0.2, 0) is 9.59 Å². The van der Waals surface area contributed by atoms with E-state index < -0.39 is 12.0 Å². The molecule has 7 nitrogen and oxygen atoms in total. The van der Waals surface area contributed by atoms with E-state index in [9.17, 15) is 9.59 Å². The van der Waals surface area contributed by atoms with E-state index in [-0.39, 0.29) is 11.9 Å². The zero-order valence-corrected chi connectivity index (χ0v) is 12.8. The maximum atomic E-state index is 12.4. The second kappa shape index (κ2) is 5.88. The molecular weight excluding hydrogens is 304 g/mol. The van der Waals surface area contributed by atoms with Gasteiger partial charge in [-0.25, -0.2) is 9.97 Å². The van der Waals surface area contributed by atoms with E-state index in [1.165, 1.54) is 24.6 Å². The molecule has 1 aliphatic heterocycles. The number of carbonyl (C=O) groups excluding carboxylic acids is 1.